The van der Waals surface area contributed by atoms with Crippen molar-refractivity contribution in [2.75, 3.05) is 6.61 Å². The highest BCUT2D eigenvalue weighted by atomic mass is 35.5. The summed E-state index contributed by atoms with van der Waals surface area (Å²) in [6, 6.07) is 1.56. The van der Waals surface area contributed by atoms with Crippen LogP contribution in [-0.4, -0.2) is 16.7 Å². The lowest BCUT2D eigenvalue weighted by Gasteiger charge is -1.96. The first-order valence-corrected chi connectivity index (χ1v) is 4.08. The summed E-state index contributed by atoms with van der Waals surface area (Å²) < 4.78 is 0. The van der Waals surface area contributed by atoms with E-state index < -0.39 is 0 Å². The van der Waals surface area contributed by atoms with Crippen LogP contribution < -0.4 is 0 Å². The number of halogens is 2. The molecule has 4 heteroatoms. The number of aromatic nitrogens is 1. The van der Waals surface area contributed by atoms with E-state index in [1.807, 2.05) is 0 Å². The van der Waals surface area contributed by atoms with E-state index in [9.17, 15) is 0 Å². The molecule has 0 atom stereocenters. The highest BCUT2D eigenvalue weighted by Crippen LogP contribution is 2.19. The fraction of sp³-hybridized carbons (Fsp3) is 0.125. The molecule has 0 unspecified atom stereocenters. The zero-order valence-electron chi connectivity index (χ0n) is 6.17. The second-order valence-electron chi connectivity index (χ2n) is 2.11. The first-order valence-electron chi connectivity index (χ1n) is 3.32. The van der Waals surface area contributed by atoms with E-state index in [4.69, 9.17) is 28.3 Å². The van der Waals surface area contributed by atoms with Crippen molar-refractivity contribution in [2.45, 2.75) is 0 Å². The summed E-state index contributed by atoms with van der Waals surface area (Å²) in [4.78, 5) is 3.84. The molecule has 1 aromatic heterocycles. The molecule has 0 saturated carbocycles. The van der Waals surface area contributed by atoms with Crippen molar-refractivity contribution in [1.29, 1.82) is 0 Å². The Morgan fingerprint density at radius 3 is 2.83 bits per heavy atom. The predicted molar refractivity (Wildman–Crippen MR) is 50.4 cm³/mol. The summed E-state index contributed by atoms with van der Waals surface area (Å²) >= 11 is 11.4. The van der Waals surface area contributed by atoms with Crippen LogP contribution in [0.4, 0.5) is 0 Å². The topological polar surface area (TPSA) is 33.1 Å². The number of aliphatic hydroxyl groups excluding tert-OH is 1. The lowest BCUT2D eigenvalue weighted by Crippen LogP contribution is -1.80. The minimum absolute atomic E-state index is 0.0149. The second kappa shape index (κ2) is 4.45. The highest BCUT2D eigenvalue weighted by Gasteiger charge is 1.97. The first-order chi connectivity index (χ1) is 5.74. The van der Waals surface area contributed by atoms with Crippen LogP contribution in [0.3, 0.4) is 0 Å². The maximum absolute atomic E-state index is 8.50. The summed E-state index contributed by atoms with van der Waals surface area (Å²) in [7, 11) is 0. The molecule has 1 heterocycles. The Kier molecular flexibility index (Phi) is 3.53. The van der Waals surface area contributed by atoms with Crippen LogP contribution in [0, 0.1) is 0 Å². The first kappa shape index (κ1) is 9.52. The van der Waals surface area contributed by atoms with E-state index in [0.717, 1.165) is 5.56 Å². The molecular formula is C8H7Cl2NO. The fourth-order valence-electron chi connectivity index (χ4n) is 0.720. The zero-order valence-corrected chi connectivity index (χ0v) is 7.68. The molecule has 0 bridgehead atoms. The van der Waals surface area contributed by atoms with Crippen LogP contribution in [0.25, 0.3) is 6.08 Å². The molecule has 0 aliphatic carbocycles. The van der Waals surface area contributed by atoms with Gasteiger partial charge in [-0.2, -0.15) is 0 Å². The highest BCUT2D eigenvalue weighted by molar-refractivity contribution is 6.34. The van der Waals surface area contributed by atoms with Crippen molar-refractivity contribution in [1.82, 2.24) is 4.98 Å². The van der Waals surface area contributed by atoms with Crippen molar-refractivity contribution in [3.05, 3.63) is 34.1 Å². The van der Waals surface area contributed by atoms with E-state index in [0.29, 0.717) is 10.2 Å². The second-order valence-corrected chi connectivity index (χ2v) is 2.91. The van der Waals surface area contributed by atoms with Gasteiger partial charge in [0, 0.05) is 11.8 Å². The Morgan fingerprint density at radius 2 is 2.25 bits per heavy atom. The molecule has 1 rings (SSSR count). The minimum atomic E-state index is -0.0149. The molecule has 0 fully saturated rings. The monoisotopic (exact) mass is 203 g/mol. The van der Waals surface area contributed by atoms with Crippen LogP contribution in [0.1, 0.15) is 5.56 Å². The van der Waals surface area contributed by atoms with Crippen molar-refractivity contribution in [3.8, 4) is 0 Å². The number of hydrogen-bond acceptors (Lipinski definition) is 2. The third-order valence-electron chi connectivity index (χ3n) is 1.25. The molecular weight excluding hydrogens is 197 g/mol. The van der Waals surface area contributed by atoms with Gasteiger partial charge in [-0.1, -0.05) is 35.4 Å². The minimum Gasteiger partial charge on any atom is -0.392 e. The van der Waals surface area contributed by atoms with Gasteiger partial charge in [0.1, 0.15) is 5.15 Å². The van der Waals surface area contributed by atoms with Crippen molar-refractivity contribution < 1.29 is 5.11 Å². The van der Waals surface area contributed by atoms with Crippen molar-refractivity contribution in [3.63, 3.8) is 0 Å². The summed E-state index contributed by atoms with van der Waals surface area (Å²) in [5.41, 5.74) is 0.745. The number of aliphatic hydroxyl groups is 1. The van der Waals surface area contributed by atoms with Gasteiger partial charge in [-0.15, -0.1) is 0 Å². The van der Waals surface area contributed by atoms with Gasteiger partial charge in [0.15, 0.2) is 0 Å². The molecule has 0 aromatic carbocycles. The van der Waals surface area contributed by atoms with Gasteiger partial charge in [0.25, 0.3) is 0 Å². The lowest BCUT2D eigenvalue weighted by atomic mass is 10.2. The van der Waals surface area contributed by atoms with Gasteiger partial charge in [-0.25, -0.2) is 4.98 Å². The van der Waals surface area contributed by atoms with Crippen LogP contribution in [-0.2, 0) is 0 Å². The van der Waals surface area contributed by atoms with Gasteiger partial charge >= 0.3 is 0 Å². The normalized spacial score (nSPS) is 10.9. The molecule has 0 radical (unpaired) electrons. The largest absolute Gasteiger partial charge is 0.392 e. The smallest absolute Gasteiger partial charge is 0.130 e. The Morgan fingerprint density at radius 1 is 1.50 bits per heavy atom. The standard InChI is InChI=1S/C8H7Cl2NO/c9-7-4-8(10)11-5-6(7)2-1-3-12/h1-2,4-5,12H,3H2/b2-1+. The third kappa shape index (κ3) is 2.48. The predicted octanol–water partition coefficient (Wildman–Crippen LogP) is 2.39. The van der Waals surface area contributed by atoms with E-state index in [1.54, 1.807) is 24.4 Å². The molecule has 1 aromatic rings. The molecule has 0 amide bonds. The molecule has 0 spiro atoms. The van der Waals surface area contributed by atoms with Crippen LogP contribution in [0.2, 0.25) is 10.2 Å². The quantitative estimate of drug-likeness (QED) is 0.750. The summed E-state index contributed by atoms with van der Waals surface area (Å²) in [6.45, 7) is -0.0149. The Labute approximate surface area is 80.5 Å². The van der Waals surface area contributed by atoms with E-state index in [1.165, 1.54) is 0 Å². The molecule has 0 aliphatic rings. The van der Waals surface area contributed by atoms with Crippen molar-refractivity contribution >= 4 is 29.3 Å². The van der Waals surface area contributed by atoms with Gasteiger partial charge < -0.3 is 5.11 Å². The number of hydrogen-bond donors (Lipinski definition) is 1. The number of pyridine rings is 1. The molecule has 1 N–H and O–H groups in total. The van der Waals surface area contributed by atoms with Gasteiger partial charge in [0.2, 0.25) is 0 Å². The van der Waals surface area contributed by atoms with Crippen molar-refractivity contribution in [2.24, 2.45) is 0 Å². The maximum Gasteiger partial charge on any atom is 0.130 e. The zero-order chi connectivity index (χ0) is 8.97. The van der Waals surface area contributed by atoms with Gasteiger partial charge in [0.05, 0.1) is 11.6 Å². The van der Waals surface area contributed by atoms with Crippen LogP contribution in [0.5, 0.6) is 0 Å². The molecule has 64 valence electrons. The summed E-state index contributed by atoms with van der Waals surface area (Å²) in [6.07, 6.45) is 4.82. The maximum atomic E-state index is 8.50. The Bertz CT molecular complexity index is 299. The Balaban J connectivity index is 2.94. The average molecular weight is 204 g/mol. The van der Waals surface area contributed by atoms with Crippen LogP contribution >= 0.6 is 23.2 Å². The van der Waals surface area contributed by atoms with Gasteiger partial charge in [-0.05, 0) is 6.07 Å². The number of nitrogens with zero attached hydrogens (tertiary/aromatic N) is 1. The van der Waals surface area contributed by atoms with E-state index in [-0.39, 0.29) is 6.61 Å². The van der Waals surface area contributed by atoms with E-state index in [2.05, 4.69) is 4.98 Å². The molecule has 0 saturated heterocycles. The lowest BCUT2D eigenvalue weighted by molar-refractivity contribution is 0.343. The van der Waals surface area contributed by atoms with Gasteiger partial charge in [-0.3, -0.25) is 0 Å². The fourth-order valence-corrected chi connectivity index (χ4v) is 1.15. The SMILES string of the molecule is OC/C=C/c1cnc(Cl)cc1Cl. The average Bonchev–Trinajstić information content (AvgIpc) is 2.03. The summed E-state index contributed by atoms with van der Waals surface area (Å²) in [5.74, 6) is 0. The third-order valence-corrected chi connectivity index (χ3v) is 1.79. The Hall–Kier alpha value is -0.570. The number of rotatable bonds is 2. The summed E-state index contributed by atoms with van der Waals surface area (Å²) in [5, 5.41) is 9.39. The molecule has 2 nitrogen and oxygen atoms in total. The molecule has 0 aliphatic heterocycles. The van der Waals surface area contributed by atoms with E-state index >= 15 is 0 Å². The molecule has 12 heavy (non-hydrogen) atoms. The van der Waals surface area contributed by atoms with Crippen LogP contribution in [0.15, 0.2) is 18.3 Å².